The highest BCUT2D eigenvalue weighted by Crippen LogP contribution is 2.07. The summed E-state index contributed by atoms with van der Waals surface area (Å²) < 4.78 is 0. The number of nitrogens with one attached hydrogen (secondary N) is 2. The van der Waals surface area contributed by atoms with Crippen LogP contribution in [0.3, 0.4) is 0 Å². The van der Waals surface area contributed by atoms with Crippen molar-refractivity contribution in [2.75, 3.05) is 13.1 Å². The smallest absolute Gasteiger partial charge is 0.261 e. The Balaban J connectivity index is 2.02. The van der Waals surface area contributed by atoms with Crippen molar-refractivity contribution < 1.29 is 9.59 Å². The molecule has 0 bridgehead atoms. The summed E-state index contributed by atoms with van der Waals surface area (Å²) in [6.07, 6.45) is 2.25. The fourth-order valence-electron chi connectivity index (χ4n) is 1.52. The lowest BCUT2D eigenvalue weighted by molar-refractivity contribution is -0.121. The summed E-state index contributed by atoms with van der Waals surface area (Å²) >= 11 is 1.43. The molecule has 2 N–H and O–H groups in total. The average molecular weight is 282 g/mol. The molecule has 106 valence electrons. The zero-order chi connectivity index (χ0) is 14.1. The summed E-state index contributed by atoms with van der Waals surface area (Å²) in [4.78, 5) is 23.7. The summed E-state index contributed by atoms with van der Waals surface area (Å²) in [6, 6.07) is 3.65. The minimum atomic E-state index is -0.0406. The van der Waals surface area contributed by atoms with Crippen molar-refractivity contribution in [2.24, 2.45) is 5.92 Å². The maximum atomic E-state index is 11.6. The Morgan fingerprint density at radius 3 is 2.63 bits per heavy atom. The van der Waals surface area contributed by atoms with Crippen molar-refractivity contribution in [2.45, 2.75) is 33.1 Å². The normalized spacial score (nSPS) is 10.5. The zero-order valence-electron chi connectivity index (χ0n) is 11.6. The molecule has 1 rings (SSSR count). The molecule has 1 aromatic rings. The third-order valence-electron chi connectivity index (χ3n) is 2.65. The molecule has 0 fully saturated rings. The number of rotatable bonds is 8. The first kappa shape index (κ1) is 15.7. The molecule has 0 saturated carbocycles. The van der Waals surface area contributed by atoms with E-state index in [1.165, 1.54) is 11.3 Å². The van der Waals surface area contributed by atoms with Gasteiger partial charge in [-0.2, -0.15) is 0 Å². The molecule has 0 aliphatic heterocycles. The summed E-state index contributed by atoms with van der Waals surface area (Å²) in [7, 11) is 0. The molecule has 19 heavy (non-hydrogen) atoms. The van der Waals surface area contributed by atoms with Gasteiger partial charge >= 0.3 is 0 Å². The van der Waals surface area contributed by atoms with Crippen LogP contribution in [0.2, 0.25) is 0 Å². The van der Waals surface area contributed by atoms with Gasteiger partial charge in [0.25, 0.3) is 5.91 Å². The molecule has 1 heterocycles. The van der Waals surface area contributed by atoms with E-state index in [0.717, 1.165) is 17.7 Å². The second-order valence-corrected chi connectivity index (χ2v) is 5.82. The van der Waals surface area contributed by atoms with Crippen molar-refractivity contribution in [3.05, 3.63) is 22.4 Å². The number of carbonyl (C=O) groups excluding carboxylic acids is 2. The molecule has 0 aliphatic rings. The van der Waals surface area contributed by atoms with E-state index in [1.807, 2.05) is 11.4 Å². The lowest BCUT2D eigenvalue weighted by atomic mass is 10.1. The van der Waals surface area contributed by atoms with E-state index in [1.54, 1.807) is 6.07 Å². The minimum Gasteiger partial charge on any atom is -0.356 e. The molecule has 0 aliphatic carbocycles. The molecule has 0 saturated heterocycles. The Morgan fingerprint density at radius 2 is 2.00 bits per heavy atom. The number of hydrogen-bond acceptors (Lipinski definition) is 3. The Labute approximate surface area is 118 Å². The molecule has 0 aromatic carbocycles. The van der Waals surface area contributed by atoms with Crippen molar-refractivity contribution in [3.63, 3.8) is 0 Å². The van der Waals surface area contributed by atoms with Gasteiger partial charge in [0.1, 0.15) is 0 Å². The van der Waals surface area contributed by atoms with Crippen LogP contribution in [0.15, 0.2) is 17.5 Å². The molecule has 0 atom stereocenters. The van der Waals surface area contributed by atoms with Crippen LogP contribution in [0, 0.1) is 5.92 Å². The van der Waals surface area contributed by atoms with Gasteiger partial charge in [0.05, 0.1) is 4.88 Å². The zero-order valence-corrected chi connectivity index (χ0v) is 12.4. The second-order valence-electron chi connectivity index (χ2n) is 4.87. The van der Waals surface area contributed by atoms with Crippen molar-refractivity contribution in [1.82, 2.24) is 10.6 Å². The van der Waals surface area contributed by atoms with Crippen molar-refractivity contribution in [3.8, 4) is 0 Å². The van der Waals surface area contributed by atoms with E-state index in [-0.39, 0.29) is 11.8 Å². The highest BCUT2D eigenvalue weighted by atomic mass is 32.1. The van der Waals surface area contributed by atoms with E-state index < -0.39 is 0 Å². The van der Waals surface area contributed by atoms with Gasteiger partial charge in [-0.15, -0.1) is 11.3 Å². The fourth-order valence-corrected chi connectivity index (χ4v) is 2.16. The molecule has 4 nitrogen and oxygen atoms in total. The van der Waals surface area contributed by atoms with Crippen LogP contribution in [0.4, 0.5) is 0 Å². The van der Waals surface area contributed by atoms with Crippen molar-refractivity contribution in [1.29, 1.82) is 0 Å². The lowest BCUT2D eigenvalue weighted by Crippen LogP contribution is -2.29. The molecule has 5 heteroatoms. The lowest BCUT2D eigenvalue weighted by Gasteiger charge is -2.07. The van der Waals surface area contributed by atoms with Crippen molar-refractivity contribution >= 4 is 23.2 Å². The van der Waals surface area contributed by atoms with Crippen LogP contribution < -0.4 is 10.6 Å². The van der Waals surface area contributed by atoms with Crippen LogP contribution in [-0.2, 0) is 4.79 Å². The van der Waals surface area contributed by atoms with Gasteiger partial charge in [-0.1, -0.05) is 19.9 Å². The highest BCUT2D eigenvalue weighted by Gasteiger charge is 2.05. The molecule has 1 aromatic heterocycles. The number of carbonyl (C=O) groups is 2. The number of hydrogen-bond donors (Lipinski definition) is 2. The fraction of sp³-hybridized carbons (Fsp3) is 0.571. The summed E-state index contributed by atoms with van der Waals surface area (Å²) in [5.74, 6) is 0.607. The topological polar surface area (TPSA) is 58.2 Å². The summed E-state index contributed by atoms with van der Waals surface area (Å²) in [5.41, 5.74) is 0. The number of thiophene rings is 1. The average Bonchev–Trinajstić information content (AvgIpc) is 2.89. The Kier molecular flexibility index (Phi) is 7.18. The number of amides is 2. The largest absolute Gasteiger partial charge is 0.356 e. The molecule has 2 amide bonds. The Morgan fingerprint density at radius 1 is 1.26 bits per heavy atom. The highest BCUT2D eigenvalue weighted by molar-refractivity contribution is 7.12. The maximum absolute atomic E-state index is 11.6. The van der Waals surface area contributed by atoms with Gasteiger partial charge < -0.3 is 10.6 Å². The van der Waals surface area contributed by atoms with Crippen LogP contribution in [-0.4, -0.2) is 24.9 Å². The third kappa shape index (κ3) is 6.96. The van der Waals surface area contributed by atoms with Crippen LogP contribution in [0.25, 0.3) is 0 Å². The van der Waals surface area contributed by atoms with Crippen LogP contribution in [0.1, 0.15) is 42.8 Å². The van der Waals surface area contributed by atoms with E-state index in [0.29, 0.717) is 25.4 Å². The first-order valence-electron chi connectivity index (χ1n) is 6.68. The maximum Gasteiger partial charge on any atom is 0.261 e. The quantitative estimate of drug-likeness (QED) is 0.719. The van der Waals surface area contributed by atoms with Gasteiger partial charge in [0.2, 0.25) is 5.91 Å². The molecular formula is C14H22N2O2S. The first-order valence-corrected chi connectivity index (χ1v) is 7.56. The first-order chi connectivity index (χ1) is 9.09. The van der Waals surface area contributed by atoms with Gasteiger partial charge in [-0.05, 0) is 30.2 Å². The van der Waals surface area contributed by atoms with E-state index in [9.17, 15) is 9.59 Å². The van der Waals surface area contributed by atoms with E-state index in [4.69, 9.17) is 0 Å². The standard InChI is InChI=1S/C14H22N2O2S/c1-11(2)6-7-13(17)15-8-4-9-16-14(18)12-5-3-10-19-12/h3,5,10-11H,4,6-9H2,1-2H3,(H,15,17)(H,16,18). The third-order valence-corrected chi connectivity index (χ3v) is 3.52. The van der Waals surface area contributed by atoms with E-state index in [2.05, 4.69) is 24.5 Å². The predicted molar refractivity (Wildman–Crippen MR) is 78.4 cm³/mol. The summed E-state index contributed by atoms with van der Waals surface area (Å²) in [5, 5.41) is 7.57. The van der Waals surface area contributed by atoms with Gasteiger partial charge in [0.15, 0.2) is 0 Å². The predicted octanol–water partition coefficient (Wildman–Crippen LogP) is 2.42. The monoisotopic (exact) mass is 282 g/mol. The molecular weight excluding hydrogens is 260 g/mol. The van der Waals surface area contributed by atoms with Crippen LogP contribution in [0.5, 0.6) is 0 Å². The molecule has 0 unspecified atom stereocenters. The molecule has 0 radical (unpaired) electrons. The minimum absolute atomic E-state index is 0.0406. The summed E-state index contributed by atoms with van der Waals surface area (Å²) in [6.45, 7) is 5.41. The molecule has 0 spiro atoms. The van der Waals surface area contributed by atoms with Crippen LogP contribution >= 0.6 is 11.3 Å². The Bertz CT molecular complexity index is 388. The van der Waals surface area contributed by atoms with Gasteiger partial charge in [-0.3, -0.25) is 9.59 Å². The van der Waals surface area contributed by atoms with Gasteiger partial charge in [-0.25, -0.2) is 0 Å². The van der Waals surface area contributed by atoms with Gasteiger partial charge in [0, 0.05) is 19.5 Å². The SMILES string of the molecule is CC(C)CCC(=O)NCCCNC(=O)c1cccs1. The Hall–Kier alpha value is -1.36. The second kappa shape index (κ2) is 8.69. The van der Waals surface area contributed by atoms with E-state index >= 15 is 0 Å².